The van der Waals surface area contributed by atoms with Gasteiger partial charge in [-0.05, 0) is 57.8 Å². The Morgan fingerprint density at radius 3 is 2.74 bits per heavy atom. The smallest absolute Gasteiger partial charge is 0.418 e. The average Bonchev–Trinajstić information content (AvgIpc) is 3.48. The number of fused-ring (bicyclic) bond motifs is 1. The number of hydrogen-bond acceptors (Lipinski definition) is 8. The third-order valence-corrected chi connectivity index (χ3v) is 8.70. The third kappa shape index (κ3) is 6.69. The summed E-state index contributed by atoms with van der Waals surface area (Å²) in [6.07, 6.45) is 2.70. The van der Waals surface area contributed by atoms with Crippen LogP contribution < -0.4 is 14.5 Å². The lowest BCUT2D eigenvalue weighted by Gasteiger charge is -2.41. The van der Waals surface area contributed by atoms with E-state index in [9.17, 15) is 18.0 Å². The number of carbonyl (C=O) groups excluding carboxylic acids is 1. The number of amides is 1. The second-order valence-corrected chi connectivity index (χ2v) is 11.6. The van der Waals surface area contributed by atoms with E-state index in [0.29, 0.717) is 62.7 Å². The number of aromatic nitrogens is 3. The number of rotatable bonds is 8. The number of nitrogens with zero attached hydrogens (tertiary/aromatic N) is 8. The Kier molecular flexibility index (Phi) is 9.05. The Hall–Kier alpha value is -3.92. The molecule has 2 aliphatic heterocycles. The minimum absolute atomic E-state index is 0.0117. The van der Waals surface area contributed by atoms with E-state index < -0.39 is 11.7 Å². The van der Waals surface area contributed by atoms with Gasteiger partial charge in [0.1, 0.15) is 11.9 Å². The first-order valence-corrected chi connectivity index (χ1v) is 14.5. The minimum atomic E-state index is -4.52. The van der Waals surface area contributed by atoms with Gasteiger partial charge < -0.3 is 29.2 Å². The lowest BCUT2D eigenvalue weighted by Crippen LogP contribution is -2.56. The normalized spacial score (nSPS) is 22.3. The predicted molar refractivity (Wildman–Crippen MR) is 156 cm³/mol. The number of piperazine rings is 1. The zero-order valence-electron chi connectivity index (χ0n) is 24.6. The summed E-state index contributed by atoms with van der Waals surface area (Å²) in [7, 11) is 4.16. The maximum absolute atomic E-state index is 13.8. The number of halogens is 3. The van der Waals surface area contributed by atoms with Crippen molar-refractivity contribution in [2.45, 2.75) is 50.5 Å². The maximum atomic E-state index is 13.8. The molecule has 10 nitrogen and oxygen atoms in total. The molecule has 0 aromatic carbocycles. The van der Waals surface area contributed by atoms with Crippen molar-refractivity contribution in [3.05, 3.63) is 59.4 Å². The van der Waals surface area contributed by atoms with Crippen LogP contribution in [-0.4, -0.2) is 96.2 Å². The van der Waals surface area contributed by atoms with Crippen LogP contribution in [0.3, 0.4) is 0 Å². The van der Waals surface area contributed by atoms with Gasteiger partial charge in [0.25, 0.3) is 0 Å². The van der Waals surface area contributed by atoms with E-state index >= 15 is 0 Å². The molecule has 2 aromatic heterocycles. The van der Waals surface area contributed by atoms with Gasteiger partial charge in [0.15, 0.2) is 0 Å². The molecule has 5 rings (SSSR count). The summed E-state index contributed by atoms with van der Waals surface area (Å²) >= 11 is 0. The second kappa shape index (κ2) is 12.8. The van der Waals surface area contributed by atoms with Gasteiger partial charge in [-0.1, -0.05) is 6.58 Å². The Morgan fingerprint density at radius 1 is 1.23 bits per heavy atom. The first kappa shape index (κ1) is 30.5. The van der Waals surface area contributed by atoms with E-state index in [4.69, 9.17) is 21.3 Å². The molecule has 0 spiro atoms. The molecule has 1 saturated heterocycles. The highest BCUT2D eigenvalue weighted by atomic mass is 19.4. The number of carbonyl (C=O) groups is 1. The summed E-state index contributed by atoms with van der Waals surface area (Å²) < 4.78 is 47.7. The summed E-state index contributed by atoms with van der Waals surface area (Å²) in [5.74, 6) is 0.788. The largest absolute Gasteiger partial charge is 0.463 e. The minimum Gasteiger partial charge on any atom is -0.463 e. The zero-order valence-corrected chi connectivity index (χ0v) is 24.6. The molecule has 1 saturated carbocycles. The molecule has 1 aliphatic carbocycles. The molecule has 230 valence electrons. The molecule has 13 heteroatoms. The van der Waals surface area contributed by atoms with Gasteiger partial charge >= 0.3 is 12.2 Å². The number of alkyl halides is 3. The van der Waals surface area contributed by atoms with Gasteiger partial charge in [-0.15, -0.1) is 0 Å². The molecule has 4 heterocycles. The zero-order chi connectivity index (χ0) is 30.7. The second-order valence-electron chi connectivity index (χ2n) is 11.6. The van der Waals surface area contributed by atoms with Crippen molar-refractivity contribution in [1.82, 2.24) is 24.8 Å². The molecule has 43 heavy (non-hydrogen) atoms. The van der Waals surface area contributed by atoms with Crippen molar-refractivity contribution >= 4 is 17.4 Å². The number of anilines is 2. The maximum Gasteiger partial charge on any atom is 0.418 e. The average molecular weight is 599 g/mol. The van der Waals surface area contributed by atoms with E-state index in [2.05, 4.69) is 40.3 Å². The predicted octanol–water partition coefficient (Wildman–Crippen LogP) is 3.68. The first-order chi connectivity index (χ1) is 20.6. The standard InChI is InChI=1S/C30H37F3N8O2/c1-5-27(42)41-13-12-40(17-22(41)15-34-2)28-23-9-11-39(26-16-35-10-8-24(26)30(31,32)33)18-25(23)36-29(37-28)43-19-20-6-7-21(14-20)38(3)4/h5,8,10,16,20-22H,1,6-7,9,11-15,17-19H2,3-4H3/t20-,21-,22+/m1/s1. The number of pyridine rings is 1. The Balaban J connectivity index is 1.45. The fourth-order valence-electron chi connectivity index (χ4n) is 6.38. The van der Waals surface area contributed by atoms with Crippen LogP contribution >= 0.6 is 0 Å². The summed E-state index contributed by atoms with van der Waals surface area (Å²) in [4.78, 5) is 37.1. The highest BCUT2D eigenvalue weighted by molar-refractivity contribution is 5.87. The van der Waals surface area contributed by atoms with Crippen molar-refractivity contribution in [1.29, 1.82) is 0 Å². The summed E-state index contributed by atoms with van der Waals surface area (Å²) in [6.45, 7) is 13.3. The molecular weight excluding hydrogens is 561 g/mol. The van der Waals surface area contributed by atoms with Gasteiger partial charge in [-0.2, -0.15) is 23.1 Å². The highest BCUT2D eigenvalue weighted by Gasteiger charge is 2.38. The first-order valence-electron chi connectivity index (χ1n) is 14.5. The molecule has 3 atom stereocenters. The van der Waals surface area contributed by atoms with Gasteiger partial charge in [-0.25, -0.2) is 6.57 Å². The van der Waals surface area contributed by atoms with E-state index in [1.807, 2.05) is 0 Å². The fraction of sp³-hybridized carbons (Fsp3) is 0.567. The summed E-state index contributed by atoms with van der Waals surface area (Å²) in [6, 6.07) is 1.34. The van der Waals surface area contributed by atoms with Crippen molar-refractivity contribution in [3.63, 3.8) is 0 Å². The quantitative estimate of drug-likeness (QED) is 0.336. The molecule has 0 radical (unpaired) electrons. The lowest BCUT2D eigenvalue weighted by atomic mass is 10.0. The van der Waals surface area contributed by atoms with Crippen LogP contribution in [0.1, 0.15) is 36.1 Å². The van der Waals surface area contributed by atoms with Crippen LogP contribution in [0, 0.1) is 12.5 Å². The van der Waals surface area contributed by atoms with E-state index in [1.165, 1.54) is 12.3 Å². The van der Waals surface area contributed by atoms with Crippen molar-refractivity contribution < 1.29 is 22.7 Å². The summed E-state index contributed by atoms with van der Waals surface area (Å²) in [5, 5.41) is 0. The van der Waals surface area contributed by atoms with Crippen molar-refractivity contribution in [2.24, 2.45) is 5.92 Å². The van der Waals surface area contributed by atoms with Crippen molar-refractivity contribution in [3.8, 4) is 6.01 Å². The number of hydrogen-bond donors (Lipinski definition) is 0. The number of ether oxygens (including phenoxy) is 1. The van der Waals surface area contributed by atoms with Crippen LogP contribution in [0.15, 0.2) is 31.1 Å². The molecule has 0 N–H and O–H groups in total. The van der Waals surface area contributed by atoms with Crippen LogP contribution in [0.2, 0.25) is 0 Å². The Bertz CT molecular complexity index is 1380. The molecule has 3 aliphatic rings. The van der Waals surface area contributed by atoms with E-state index in [-0.39, 0.29) is 36.7 Å². The van der Waals surface area contributed by atoms with Gasteiger partial charge in [0.2, 0.25) is 12.5 Å². The van der Waals surface area contributed by atoms with E-state index in [0.717, 1.165) is 37.1 Å². The lowest BCUT2D eigenvalue weighted by molar-refractivity contribution is -0.137. The third-order valence-electron chi connectivity index (χ3n) is 8.70. The van der Waals surface area contributed by atoms with Gasteiger partial charge in [0.05, 0.1) is 36.3 Å². The molecule has 2 aromatic rings. The van der Waals surface area contributed by atoms with E-state index in [1.54, 1.807) is 9.80 Å². The Morgan fingerprint density at radius 2 is 2.05 bits per heavy atom. The molecule has 2 fully saturated rings. The summed E-state index contributed by atoms with van der Waals surface area (Å²) in [5.41, 5.74) is 0.725. The van der Waals surface area contributed by atoms with Crippen LogP contribution in [0.25, 0.3) is 4.85 Å². The topological polar surface area (TPSA) is 82.3 Å². The molecular formula is C30H37F3N8O2. The molecule has 0 bridgehead atoms. The highest BCUT2D eigenvalue weighted by Crippen LogP contribution is 2.39. The van der Waals surface area contributed by atoms with Crippen molar-refractivity contribution in [2.75, 3.05) is 63.2 Å². The van der Waals surface area contributed by atoms with Crippen LogP contribution in [0.4, 0.5) is 24.7 Å². The van der Waals surface area contributed by atoms with Gasteiger partial charge in [0, 0.05) is 44.0 Å². The van der Waals surface area contributed by atoms with Gasteiger partial charge in [-0.3, -0.25) is 9.78 Å². The monoisotopic (exact) mass is 598 g/mol. The molecule has 1 amide bonds. The fourth-order valence-corrected chi connectivity index (χ4v) is 6.38. The SMILES string of the molecule is [C-]#[N+]C[C@H]1CN(c2nc(OC[C@@H]3CC[C@@H](N(C)C)C3)nc3c2CCN(c2cnccc2C(F)(F)F)C3)CCN1C(=O)C=C. The van der Waals surface area contributed by atoms with Crippen LogP contribution in [-0.2, 0) is 23.9 Å². The Labute approximate surface area is 250 Å². The van der Waals surface area contributed by atoms with Crippen LogP contribution in [0.5, 0.6) is 6.01 Å². The molecule has 0 unspecified atom stereocenters.